The zero-order valence-corrected chi connectivity index (χ0v) is 17.1. The molecule has 0 saturated carbocycles. The van der Waals surface area contributed by atoms with Crippen LogP contribution in [0.2, 0.25) is 0 Å². The average Bonchev–Trinajstić information content (AvgIpc) is 2.72. The third-order valence-electron chi connectivity index (χ3n) is 4.00. The quantitative estimate of drug-likeness (QED) is 0.452. The SMILES string of the molecule is [Cl-].c1ccc(Sc2ccccc2[S+](c2ccccc2)c2ccccc2)cc1. The highest BCUT2D eigenvalue weighted by molar-refractivity contribution is 8.01. The summed E-state index contributed by atoms with van der Waals surface area (Å²) in [6.07, 6.45) is 0. The second-order valence-electron chi connectivity index (χ2n) is 5.79. The lowest BCUT2D eigenvalue weighted by Crippen LogP contribution is -3.00. The van der Waals surface area contributed by atoms with E-state index in [0.29, 0.717) is 0 Å². The van der Waals surface area contributed by atoms with Gasteiger partial charge in [-0.15, -0.1) is 0 Å². The molecule has 4 aromatic rings. The van der Waals surface area contributed by atoms with Crippen LogP contribution in [0, 0.1) is 0 Å². The Balaban J connectivity index is 0.00000210. The van der Waals surface area contributed by atoms with Crippen LogP contribution >= 0.6 is 11.8 Å². The number of rotatable bonds is 5. The van der Waals surface area contributed by atoms with Crippen LogP contribution in [0.15, 0.2) is 140 Å². The highest BCUT2D eigenvalue weighted by Crippen LogP contribution is 2.39. The maximum Gasteiger partial charge on any atom is 0.180 e. The number of benzene rings is 4. The molecular weight excluding hydrogens is 388 g/mol. The van der Waals surface area contributed by atoms with Crippen LogP contribution in [-0.4, -0.2) is 0 Å². The zero-order chi connectivity index (χ0) is 17.6. The Morgan fingerprint density at radius 2 is 0.926 bits per heavy atom. The van der Waals surface area contributed by atoms with Gasteiger partial charge in [-0.1, -0.05) is 78.5 Å². The van der Waals surface area contributed by atoms with Gasteiger partial charge in [-0.25, -0.2) is 0 Å². The van der Waals surface area contributed by atoms with Crippen LogP contribution in [0.3, 0.4) is 0 Å². The number of halogens is 1. The molecule has 0 aliphatic heterocycles. The molecule has 0 aromatic heterocycles. The Bertz CT molecular complexity index is 918. The van der Waals surface area contributed by atoms with Gasteiger partial charge in [0.15, 0.2) is 14.7 Å². The molecule has 0 unspecified atom stereocenters. The Morgan fingerprint density at radius 1 is 0.481 bits per heavy atom. The van der Waals surface area contributed by atoms with Crippen molar-refractivity contribution in [2.75, 3.05) is 0 Å². The van der Waals surface area contributed by atoms with Crippen molar-refractivity contribution in [3.05, 3.63) is 115 Å². The largest absolute Gasteiger partial charge is 1.00 e. The molecule has 0 nitrogen and oxygen atoms in total. The molecule has 0 bridgehead atoms. The molecule has 0 radical (unpaired) electrons. The first-order valence-corrected chi connectivity index (χ1v) is 10.6. The normalized spacial score (nSPS) is 10.4. The Kier molecular flexibility index (Phi) is 7.05. The summed E-state index contributed by atoms with van der Waals surface area (Å²) >= 11 is 1.84. The smallest absolute Gasteiger partial charge is 0.180 e. The van der Waals surface area contributed by atoms with Crippen molar-refractivity contribution in [3.8, 4) is 0 Å². The van der Waals surface area contributed by atoms with E-state index in [1.54, 1.807) is 0 Å². The van der Waals surface area contributed by atoms with Crippen LogP contribution in [0.1, 0.15) is 0 Å². The molecule has 134 valence electrons. The summed E-state index contributed by atoms with van der Waals surface area (Å²) < 4.78 is 0. The Labute approximate surface area is 174 Å². The minimum Gasteiger partial charge on any atom is -1.00 e. The van der Waals surface area contributed by atoms with Crippen molar-refractivity contribution in [2.24, 2.45) is 0 Å². The summed E-state index contributed by atoms with van der Waals surface area (Å²) in [6, 6.07) is 41.0. The summed E-state index contributed by atoms with van der Waals surface area (Å²) in [6.45, 7) is 0. The molecule has 3 heteroatoms. The van der Waals surface area contributed by atoms with E-state index >= 15 is 0 Å². The van der Waals surface area contributed by atoms with E-state index in [1.807, 2.05) is 11.8 Å². The van der Waals surface area contributed by atoms with Gasteiger partial charge in [-0.3, -0.25) is 0 Å². The molecule has 0 fully saturated rings. The van der Waals surface area contributed by atoms with Crippen LogP contribution in [0.5, 0.6) is 0 Å². The first-order valence-electron chi connectivity index (χ1n) is 8.58. The summed E-state index contributed by atoms with van der Waals surface area (Å²) in [5.41, 5.74) is 0. The zero-order valence-electron chi connectivity index (χ0n) is 14.7. The van der Waals surface area contributed by atoms with Crippen molar-refractivity contribution in [1.82, 2.24) is 0 Å². The van der Waals surface area contributed by atoms with Gasteiger partial charge in [0.1, 0.15) is 10.9 Å². The van der Waals surface area contributed by atoms with Crippen molar-refractivity contribution >= 4 is 22.7 Å². The van der Waals surface area contributed by atoms with Crippen LogP contribution < -0.4 is 12.4 Å². The topological polar surface area (TPSA) is 0 Å². The monoisotopic (exact) mass is 406 g/mol. The van der Waals surface area contributed by atoms with Gasteiger partial charge in [0.2, 0.25) is 0 Å². The van der Waals surface area contributed by atoms with E-state index in [0.717, 1.165) is 0 Å². The molecular formula is C24H19ClS2. The van der Waals surface area contributed by atoms with E-state index < -0.39 is 0 Å². The summed E-state index contributed by atoms with van der Waals surface area (Å²) in [7, 11) is -0.121. The van der Waals surface area contributed by atoms with Gasteiger partial charge in [0.05, 0.1) is 4.90 Å². The third-order valence-corrected chi connectivity index (χ3v) is 7.49. The number of hydrogen-bond donors (Lipinski definition) is 0. The minimum absolute atomic E-state index is 0. The molecule has 4 aromatic carbocycles. The second-order valence-corrected chi connectivity index (χ2v) is 8.90. The highest BCUT2D eigenvalue weighted by atomic mass is 35.5. The lowest BCUT2D eigenvalue weighted by Gasteiger charge is -2.11. The summed E-state index contributed by atoms with van der Waals surface area (Å²) in [4.78, 5) is 6.65. The van der Waals surface area contributed by atoms with E-state index in [9.17, 15) is 0 Å². The lowest BCUT2D eigenvalue weighted by molar-refractivity contribution is -0.00000501. The fourth-order valence-corrected chi connectivity index (χ4v) is 6.18. The molecule has 0 amide bonds. The third kappa shape index (κ3) is 4.78. The van der Waals surface area contributed by atoms with E-state index in [-0.39, 0.29) is 23.3 Å². The first kappa shape index (κ1) is 19.6. The summed E-state index contributed by atoms with van der Waals surface area (Å²) in [5, 5.41) is 0. The Hall–Kier alpha value is -2.13. The predicted octanol–water partition coefficient (Wildman–Crippen LogP) is 3.94. The summed E-state index contributed by atoms with van der Waals surface area (Å²) in [5.74, 6) is 0. The van der Waals surface area contributed by atoms with E-state index in [4.69, 9.17) is 0 Å². The second kappa shape index (κ2) is 9.70. The van der Waals surface area contributed by atoms with Gasteiger partial charge in [-0.2, -0.15) is 0 Å². The van der Waals surface area contributed by atoms with Crippen LogP contribution in [-0.2, 0) is 10.9 Å². The van der Waals surface area contributed by atoms with Gasteiger partial charge >= 0.3 is 0 Å². The molecule has 0 aliphatic carbocycles. The van der Waals surface area contributed by atoms with Crippen molar-refractivity contribution in [1.29, 1.82) is 0 Å². The Morgan fingerprint density at radius 3 is 1.48 bits per heavy atom. The van der Waals surface area contributed by atoms with Crippen LogP contribution in [0.4, 0.5) is 0 Å². The molecule has 0 aliphatic rings. The maximum absolute atomic E-state index is 2.27. The molecule has 0 heterocycles. The van der Waals surface area contributed by atoms with Gasteiger partial charge < -0.3 is 12.4 Å². The molecule has 0 spiro atoms. The van der Waals surface area contributed by atoms with E-state index in [1.165, 1.54) is 24.5 Å². The average molecular weight is 407 g/mol. The maximum atomic E-state index is 2.27. The van der Waals surface area contributed by atoms with Gasteiger partial charge in [0.25, 0.3) is 0 Å². The molecule has 0 saturated heterocycles. The molecule has 0 atom stereocenters. The van der Waals surface area contributed by atoms with E-state index in [2.05, 4.69) is 115 Å². The van der Waals surface area contributed by atoms with Crippen molar-refractivity contribution in [3.63, 3.8) is 0 Å². The minimum atomic E-state index is -0.121. The molecule has 0 N–H and O–H groups in total. The lowest BCUT2D eigenvalue weighted by atomic mass is 10.3. The number of hydrogen-bond acceptors (Lipinski definition) is 1. The first-order chi connectivity index (χ1) is 12.9. The van der Waals surface area contributed by atoms with Crippen molar-refractivity contribution in [2.45, 2.75) is 24.5 Å². The van der Waals surface area contributed by atoms with Crippen molar-refractivity contribution < 1.29 is 12.4 Å². The molecule has 27 heavy (non-hydrogen) atoms. The predicted molar refractivity (Wildman–Crippen MR) is 112 cm³/mol. The van der Waals surface area contributed by atoms with Crippen LogP contribution in [0.25, 0.3) is 0 Å². The van der Waals surface area contributed by atoms with Gasteiger partial charge in [0, 0.05) is 4.90 Å². The fourth-order valence-electron chi connectivity index (χ4n) is 2.82. The fraction of sp³-hybridized carbons (Fsp3) is 0. The molecule has 4 rings (SSSR count). The van der Waals surface area contributed by atoms with Gasteiger partial charge in [-0.05, 0) is 48.5 Å². The standard InChI is InChI=1S/C24H19S2.ClH/c1-4-12-20(13-5-1)25-23-18-10-11-19-24(23)26(21-14-6-2-7-15-21)22-16-8-3-9-17-22;/h1-19H;1H/q+1;/p-1. The highest BCUT2D eigenvalue weighted by Gasteiger charge is 2.31.